The molecule has 0 spiro atoms. The second-order valence-corrected chi connectivity index (χ2v) is 6.35. The molecule has 0 aliphatic carbocycles. The quantitative estimate of drug-likeness (QED) is 0.674. The van der Waals surface area contributed by atoms with Gasteiger partial charge in [-0.25, -0.2) is 0 Å². The minimum Gasteiger partial charge on any atom is -0.368 e. The molecule has 26 heavy (non-hydrogen) atoms. The first-order valence-corrected chi connectivity index (χ1v) is 8.37. The maximum absolute atomic E-state index is 11.8. The van der Waals surface area contributed by atoms with E-state index in [0.29, 0.717) is 23.5 Å². The molecule has 2 unspecified atom stereocenters. The van der Waals surface area contributed by atoms with Gasteiger partial charge in [0, 0.05) is 18.2 Å². The summed E-state index contributed by atoms with van der Waals surface area (Å²) < 4.78 is 0. The Kier molecular flexibility index (Phi) is 4.71. The number of nitrogens with zero attached hydrogens (tertiary/aromatic N) is 3. The molecule has 7 nitrogen and oxygen atoms in total. The van der Waals surface area contributed by atoms with Crippen LogP contribution >= 0.6 is 0 Å². The number of hydrogen-bond acceptors (Lipinski definition) is 5. The molecule has 0 radical (unpaired) electrons. The number of nitro groups is 1. The monoisotopic (exact) mass is 352 g/mol. The zero-order valence-corrected chi connectivity index (χ0v) is 14.6. The SMILES string of the molecule is CC1CN(C(C)C(N)=O)c2cccc([N+](=O)[O-])c2C(c2ccccc2)=N1. The van der Waals surface area contributed by atoms with E-state index < -0.39 is 16.9 Å². The summed E-state index contributed by atoms with van der Waals surface area (Å²) in [5, 5.41) is 11.7. The van der Waals surface area contributed by atoms with E-state index in [1.807, 2.05) is 37.3 Å². The topological polar surface area (TPSA) is 102 Å². The van der Waals surface area contributed by atoms with Gasteiger partial charge in [0.05, 0.1) is 22.4 Å². The predicted octanol–water partition coefficient (Wildman–Crippen LogP) is 2.51. The number of rotatable bonds is 4. The Hall–Kier alpha value is -3.22. The minimum atomic E-state index is -0.608. The van der Waals surface area contributed by atoms with Crippen LogP contribution in [0.15, 0.2) is 53.5 Å². The number of anilines is 1. The predicted molar refractivity (Wildman–Crippen MR) is 101 cm³/mol. The summed E-state index contributed by atoms with van der Waals surface area (Å²) >= 11 is 0. The third-order valence-electron chi connectivity index (χ3n) is 4.50. The Morgan fingerprint density at radius 2 is 1.96 bits per heavy atom. The van der Waals surface area contributed by atoms with Crippen LogP contribution in [0.1, 0.15) is 25.0 Å². The smallest absolute Gasteiger partial charge is 0.280 e. The zero-order chi connectivity index (χ0) is 18.8. The largest absolute Gasteiger partial charge is 0.368 e. The third kappa shape index (κ3) is 3.15. The highest BCUT2D eigenvalue weighted by Gasteiger charge is 2.32. The van der Waals surface area contributed by atoms with Crippen LogP contribution < -0.4 is 10.6 Å². The van der Waals surface area contributed by atoms with Crippen LogP contribution in [0.3, 0.4) is 0 Å². The van der Waals surface area contributed by atoms with E-state index in [9.17, 15) is 14.9 Å². The molecule has 0 aromatic heterocycles. The number of carbonyl (C=O) groups is 1. The number of hydrogen-bond donors (Lipinski definition) is 1. The lowest BCUT2D eigenvalue weighted by molar-refractivity contribution is -0.385. The van der Waals surface area contributed by atoms with Crippen molar-refractivity contribution < 1.29 is 9.72 Å². The van der Waals surface area contributed by atoms with Gasteiger partial charge in [-0.2, -0.15) is 0 Å². The summed E-state index contributed by atoms with van der Waals surface area (Å²) in [6.45, 7) is 4.06. The molecule has 134 valence electrons. The summed E-state index contributed by atoms with van der Waals surface area (Å²) in [6, 6.07) is 13.4. The van der Waals surface area contributed by atoms with Crippen LogP contribution in [-0.4, -0.2) is 35.2 Å². The fourth-order valence-electron chi connectivity index (χ4n) is 3.21. The molecular weight excluding hydrogens is 332 g/mol. The maximum atomic E-state index is 11.8. The van der Waals surface area contributed by atoms with Crippen LogP contribution in [-0.2, 0) is 4.79 Å². The van der Waals surface area contributed by atoms with Crippen molar-refractivity contribution in [3.05, 3.63) is 69.8 Å². The number of benzene rings is 2. The number of fused-ring (bicyclic) bond motifs is 1. The molecule has 1 heterocycles. The molecule has 2 atom stereocenters. The molecule has 3 rings (SSSR count). The van der Waals surface area contributed by atoms with E-state index in [-0.39, 0.29) is 11.7 Å². The van der Waals surface area contributed by atoms with Crippen LogP contribution in [0.5, 0.6) is 0 Å². The van der Waals surface area contributed by atoms with Crippen molar-refractivity contribution in [1.82, 2.24) is 0 Å². The Morgan fingerprint density at radius 1 is 1.27 bits per heavy atom. The molecular formula is C19H20N4O3. The number of benzodiazepines with no additional fused rings is 1. The van der Waals surface area contributed by atoms with E-state index in [1.54, 1.807) is 24.0 Å². The van der Waals surface area contributed by atoms with Gasteiger partial charge in [0.2, 0.25) is 5.91 Å². The Labute approximate surface area is 151 Å². The van der Waals surface area contributed by atoms with Crippen LogP contribution in [0.4, 0.5) is 11.4 Å². The fraction of sp³-hybridized carbons (Fsp3) is 0.263. The van der Waals surface area contributed by atoms with Gasteiger partial charge in [0.15, 0.2) is 0 Å². The molecule has 0 bridgehead atoms. The highest BCUT2D eigenvalue weighted by Crippen LogP contribution is 2.35. The summed E-state index contributed by atoms with van der Waals surface area (Å²) in [5.74, 6) is -0.488. The van der Waals surface area contributed by atoms with Crippen LogP contribution in [0, 0.1) is 10.1 Å². The zero-order valence-electron chi connectivity index (χ0n) is 14.6. The molecule has 1 amide bonds. The highest BCUT2D eigenvalue weighted by atomic mass is 16.6. The first kappa shape index (κ1) is 17.6. The van der Waals surface area contributed by atoms with Gasteiger partial charge in [0.1, 0.15) is 11.6 Å². The summed E-state index contributed by atoms with van der Waals surface area (Å²) in [4.78, 5) is 29.6. The van der Waals surface area contributed by atoms with Gasteiger partial charge in [-0.15, -0.1) is 0 Å². The van der Waals surface area contributed by atoms with E-state index in [2.05, 4.69) is 0 Å². The van der Waals surface area contributed by atoms with Crippen molar-refractivity contribution in [2.45, 2.75) is 25.9 Å². The number of carbonyl (C=O) groups excluding carboxylic acids is 1. The first-order valence-electron chi connectivity index (χ1n) is 8.37. The number of primary amides is 1. The van der Waals surface area contributed by atoms with Gasteiger partial charge >= 0.3 is 0 Å². The molecule has 2 N–H and O–H groups in total. The van der Waals surface area contributed by atoms with Crippen molar-refractivity contribution in [3.8, 4) is 0 Å². The van der Waals surface area contributed by atoms with Gasteiger partial charge in [-0.05, 0) is 19.9 Å². The third-order valence-corrected chi connectivity index (χ3v) is 4.50. The van der Waals surface area contributed by atoms with Crippen molar-refractivity contribution in [3.63, 3.8) is 0 Å². The van der Waals surface area contributed by atoms with Gasteiger partial charge in [-0.3, -0.25) is 19.9 Å². The van der Waals surface area contributed by atoms with Crippen molar-refractivity contribution >= 4 is 23.0 Å². The molecule has 2 aromatic carbocycles. The van der Waals surface area contributed by atoms with E-state index in [1.165, 1.54) is 6.07 Å². The van der Waals surface area contributed by atoms with Crippen molar-refractivity contribution in [2.75, 3.05) is 11.4 Å². The number of nitro benzene ring substituents is 1. The number of nitrogens with two attached hydrogens (primary N) is 1. The molecule has 0 saturated carbocycles. The van der Waals surface area contributed by atoms with Crippen molar-refractivity contribution in [2.24, 2.45) is 10.7 Å². The van der Waals surface area contributed by atoms with Crippen LogP contribution in [0.2, 0.25) is 0 Å². The normalized spacial score (nSPS) is 17.7. The average molecular weight is 352 g/mol. The molecule has 7 heteroatoms. The van der Waals surface area contributed by atoms with Gasteiger partial charge in [-0.1, -0.05) is 36.4 Å². The van der Waals surface area contributed by atoms with E-state index in [0.717, 1.165) is 5.56 Å². The van der Waals surface area contributed by atoms with E-state index in [4.69, 9.17) is 10.7 Å². The lowest BCUT2D eigenvalue weighted by Gasteiger charge is -2.30. The van der Waals surface area contributed by atoms with E-state index >= 15 is 0 Å². The molecule has 1 aliphatic rings. The summed E-state index contributed by atoms with van der Waals surface area (Å²) in [5.41, 5.74) is 7.83. The molecule has 0 saturated heterocycles. The Balaban J connectivity index is 2.30. The lowest BCUT2D eigenvalue weighted by Crippen LogP contribution is -2.45. The fourth-order valence-corrected chi connectivity index (χ4v) is 3.21. The summed E-state index contributed by atoms with van der Waals surface area (Å²) in [6.07, 6.45) is 0. The standard InChI is InChI=1S/C19H20N4O3/c1-12-11-22(13(2)19(20)24)15-9-6-10-16(23(25)26)17(15)18(21-12)14-7-4-3-5-8-14/h3-10,12-13H,11H2,1-2H3,(H2,20,24). The minimum absolute atomic E-state index is 0.0409. The second kappa shape index (κ2) is 6.95. The second-order valence-electron chi connectivity index (χ2n) is 6.35. The van der Waals surface area contributed by atoms with Crippen molar-refractivity contribution in [1.29, 1.82) is 0 Å². The number of aliphatic imine (C=N–C) groups is 1. The Morgan fingerprint density at radius 3 is 2.58 bits per heavy atom. The van der Waals surface area contributed by atoms with Gasteiger partial charge < -0.3 is 10.6 Å². The first-order chi connectivity index (χ1) is 12.4. The highest BCUT2D eigenvalue weighted by molar-refractivity contribution is 6.19. The lowest BCUT2D eigenvalue weighted by atomic mass is 9.98. The Bertz CT molecular complexity index is 880. The molecule has 2 aromatic rings. The summed E-state index contributed by atoms with van der Waals surface area (Å²) in [7, 11) is 0. The average Bonchev–Trinajstić information content (AvgIpc) is 2.78. The molecule has 1 aliphatic heterocycles. The molecule has 0 fully saturated rings. The van der Waals surface area contributed by atoms with Crippen LogP contribution in [0.25, 0.3) is 0 Å². The van der Waals surface area contributed by atoms with Gasteiger partial charge in [0.25, 0.3) is 5.69 Å². The maximum Gasteiger partial charge on any atom is 0.280 e. The number of amides is 1.